The molecule has 4 aromatic rings. The zero-order valence-electron chi connectivity index (χ0n) is 15.4. The average molecular weight is 394 g/mol. The molecule has 0 unspecified atom stereocenters. The summed E-state index contributed by atoms with van der Waals surface area (Å²) >= 11 is 1.41. The summed E-state index contributed by atoms with van der Waals surface area (Å²) in [7, 11) is 0. The van der Waals surface area contributed by atoms with Gasteiger partial charge in [-0.3, -0.25) is 4.79 Å². The summed E-state index contributed by atoms with van der Waals surface area (Å²) in [4.78, 5) is 21.2. The molecule has 4 rings (SSSR count). The van der Waals surface area contributed by atoms with E-state index in [9.17, 15) is 9.18 Å². The number of nitrogens with zero attached hydrogens (tertiary/aromatic N) is 3. The molecule has 0 bridgehead atoms. The van der Waals surface area contributed by atoms with E-state index in [2.05, 4.69) is 19.9 Å². The van der Waals surface area contributed by atoms with E-state index in [1.807, 2.05) is 42.6 Å². The van der Waals surface area contributed by atoms with E-state index in [1.54, 1.807) is 6.07 Å². The van der Waals surface area contributed by atoms with Gasteiger partial charge in [0.2, 0.25) is 5.91 Å². The van der Waals surface area contributed by atoms with Gasteiger partial charge >= 0.3 is 0 Å². The summed E-state index contributed by atoms with van der Waals surface area (Å²) in [6, 6.07) is 14.3. The van der Waals surface area contributed by atoms with Gasteiger partial charge < -0.3 is 9.88 Å². The van der Waals surface area contributed by atoms with Crippen LogP contribution in [0.15, 0.2) is 53.9 Å². The number of hydrogen-bond donors (Lipinski definition) is 1. The third-order valence-electron chi connectivity index (χ3n) is 4.47. The number of rotatable bonds is 6. The summed E-state index contributed by atoms with van der Waals surface area (Å²) in [5.41, 5.74) is 3.43. The number of imidazole rings is 1. The van der Waals surface area contributed by atoms with E-state index in [0.29, 0.717) is 23.8 Å². The number of aromatic nitrogens is 3. The molecule has 28 heavy (non-hydrogen) atoms. The van der Waals surface area contributed by atoms with E-state index >= 15 is 0 Å². The standard InChI is InChI=1S/C21H19FN4OS/c1-14-24-18-7-2-3-8-19(18)26(14)10-9-23-20(27)12-17-13-28-21(25-17)15-5-4-6-16(22)11-15/h2-8,11,13H,9-10,12H2,1H3,(H,23,27). The van der Waals surface area contributed by atoms with Crippen LogP contribution in [-0.4, -0.2) is 27.0 Å². The molecule has 1 amide bonds. The van der Waals surface area contributed by atoms with E-state index in [1.165, 1.54) is 23.5 Å². The van der Waals surface area contributed by atoms with Crippen LogP contribution in [0.3, 0.4) is 0 Å². The number of fused-ring (bicyclic) bond motifs is 1. The highest BCUT2D eigenvalue weighted by Crippen LogP contribution is 2.24. The quantitative estimate of drug-likeness (QED) is 0.538. The van der Waals surface area contributed by atoms with Crippen molar-refractivity contribution in [1.29, 1.82) is 0 Å². The van der Waals surface area contributed by atoms with Crippen molar-refractivity contribution >= 4 is 28.3 Å². The largest absolute Gasteiger partial charge is 0.354 e. The molecule has 0 saturated heterocycles. The topological polar surface area (TPSA) is 59.8 Å². The maximum absolute atomic E-state index is 13.4. The van der Waals surface area contributed by atoms with E-state index in [4.69, 9.17) is 0 Å². The molecule has 0 aliphatic heterocycles. The highest BCUT2D eigenvalue weighted by atomic mass is 32.1. The molecular formula is C21H19FN4OS. The Morgan fingerprint density at radius 2 is 2.04 bits per heavy atom. The third-order valence-corrected chi connectivity index (χ3v) is 5.41. The van der Waals surface area contributed by atoms with Crippen molar-refractivity contribution in [2.24, 2.45) is 0 Å². The Bertz CT molecular complexity index is 1130. The molecule has 0 saturated carbocycles. The molecule has 2 aromatic heterocycles. The molecule has 0 radical (unpaired) electrons. The number of hydrogen-bond acceptors (Lipinski definition) is 4. The molecule has 2 heterocycles. The Hall–Kier alpha value is -3.06. The van der Waals surface area contributed by atoms with Gasteiger partial charge in [0.1, 0.15) is 16.6 Å². The van der Waals surface area contributed by atoms with Crippen molar-refractivity contribution in [3.63, 3.8) is 0 Å². The van der Waals surface area contributed by atoms with Crippen LogP contribution in [0.5, 0.6) is 0 Å². The summed E-state index contributed by atoms with van der Waals surface area (Å²) in [5.74, 6) is 0.544. The molecule has 0 spiro atoms. The first kappa shape index (κ1) is 18.3. The number of thiazole rings is 1. The SMILES string of the molecule is Cc1nc2ccccc2n1CCNC(=O)Cc1csc(-c2cccc(F)c2)n1. The predicted molar refractivity (Wildman–Crippen MR) is 109 cm³/mol. The van der Waals surface area contributed by atoms with Gasteiger partial charge in [-0.25, -0.2) is 14.4 Å². The monoisotopic (exact) mass is 394 g/mol. The Kier molecular flexibility index (Phi) is 5.16. The molecule has 2 aromatic carbocycles. The fourth-order valence-corrected chi connectivity index (χ4v) is 3.97. The van der Waals surface area contributed by atoms with Gasteiger partial charge in [-0.1, -0.05) is 24.3 Å². The highest BCUT2D eigenvalue weighted by molar-refractivity contribution is 7.13. The van der Waals surface area contributed by atoms with Crippen molar-refractivity contribution in [2.45, 2.75) is 19.9 Å². The zero-order chi connectivity index (χ0) is 19.5. The number of carbonyl (C=O) groups is 1. The van der Waals surface area contributed by atoms with Gasteiger partial charge in [0.25, 0.3) is 0 Å². The molecule has 0 aliphatic carbocycles. The van der Waals surface area contributed by atoms with Crippen LogP contribution in [0.4, 0.5) is 4.39 Å². The second-order valence-corrected chi connectivity index (χ2v) is 7.34. The van der Waals surface area contributed by atoms with E-state index < -0.39 is 0 Å². The lowest BCUT2D eigenvalue weighted by Crippen LogP contribution is -2.28. The van der Waals surface area contributed by atoms with Crippen molar-refractivity contribution in [2.75, 3.05) is 6.54 Å². The van der Waals surface area contributed by atoms with Gasteiger partial charge in [0.05, 0.1) is 23.1 Å². The second-order valence-electron chi connectivity index (χ2n) is 6.48. The number of aryl methyl sites for hydroxylation is 1. The van der Waals surface area contributed by atoms with E-state index in [0.717, 1.165) is 22.4 Å². The van der Waals surface area contributed by atoms with Gasteiger partial charge in [-0.15, -0.1) is 11.3 Å². The second kappa shape index (κ2) is 7.90. The van der Waals surface area contributed by atoms with Crippen molar-refractivity contribution in [3.8, 4) is 10.6 Å². The maximum Gasteiger partial charge on any atom is 0.226 e. The first-order chi connectivity index (χ1) is 13.6. The van der Waals surface area contributed by atoms with Crippen LogP contribution >= 0.6 is 11.3 Å². The number of benzene rings is 2. The summed E-state index contributed by atoms with van der Waals surface area (Å²) in [5, 5.41) is 5.49. The Labute approximate surface area is 165 Å². The maximum atomic E-state index is 13.4. The number of nitrogens with one attached hydrogen (secondary N) is 1. The van der Waals surface area contributed by atoms with Crippen molar-refractivity contribution in [3.05, 3.63) is 71.2 Å². The fourth-order valence-electron chi connectivity index (χ4n) is 3.15. The average Bonchev–Trinajstić information content (AvgIpc) is 3.26. The summed E-state index contributed by atoms with van der Waals surface area (Å²) in [6.45, 7) is 3.13. The predicted octanol–water partition coefficient (Wildman–Crippen LogP) is 3.97. The Morgan fingerprint density at radius 1 is 1.18 bits per heavy atom. The molecule has 0 aliphatic rings. The van der Waals surface area contributed by atoms with Crippen LogP contribution in [0.25, 0.3) is 21.6 Å². The Balaban J connectivity index is 1.34. The van der Waals surface area contributed by atoms with Crippen LogP contribution in [0.2, 0.25) is 0 Å². The van der Waals surface area contributed by atoms with Crippen LogP contribution < -0.4 is 5.32 Å². The van der Waals surface area contributed by atoms with Crippen LogP contribution in [0, 0.1) is 12.7 Å². The van der Waals surface area contributed by atoms with Crippen LogP contribution in [0.1, 0.15) is 11.5 Å². The lowest BCUT2D eigenvalue weighted by Gasteiger charge is -2.08. The first-order valence-corrected chi connectivity index (χ1v) is 9.87. The Morgan fingerprint density at radius 3 is 2.89 bits per heavy atom. The van der Waals surface area contributed by atoms with Gasteiger partial charge in [-0.2, -0.15) is 0 Å². The van der Waals surface area contributed by atoms with Gasteiger partial charge in [-0.05, 0) is 31.2 Å². The third kappa shape index (κ3) is 3.94. The number of halogens is 1. The molecule has 0 fully saturated rings. The summed E-state index contributed by atoms with van der Waals surface area (Å²) < 4.78 is 15.5. The number of amides is 1. The lowest BCUT2D eigenvalue weighted by atomic mass is 10.2. The molecule has 0 atom stereocenters. The van der Waals surface area contributed by atoms with Gasteiger partial charge in [0.15, 0.2) is 0 Å². The van der Waals surface area contributed by atoms with E-state index in [-0.39, 0.29) is 18.1 Å². The molecule has 5 nitrogen and oxygen atoms in total. The summed E-state index contributed by atoms with van der Waals surface area (Å²) in [6.07, 6.45) is 0.204. The minimum absolute atomic E-state index is 0.0850. The molecule has 1 N–H and O–H groups in total. The zero-order valence-corrected chi connectivity index (χ0v) is 16.2. The number of carbonyl (C=O) groups excluding carboxylic acids is 1. The fraction of sp³-hybridized carbons (Fsp3) is 0.190. The molecule has 142 valence electrons. The first-order valence-electron chi connectivity index (χ1n) is 8.99. The van der Waals surface area contributed by atoms with Crippen LogP contribution in [-0.2, 0) is 17.8 Å². The van der Waals surface area contributed by atoms with Crippen molar-refractivity contribution in [1.82, 2.24) is 19.9 Å². The minimum Gasteiger partial charge on any atom is -0.354 e. The highest BCUT2D eigenvalue weighted by Gasteiger charge is 2.10. The van der Waals surface area contributed by atoms with Gasteiger partial charge in [0, 0.05) is 24.0 Å². The molecule has 7 heteroatoms. The lowest BCUT2D eigenvalue weighted by molar-refractivity contribution is -0.120. The number of para-hydroxylation sites is 2. The molecular weight excluding hydrogens is 375 g/mol. The minimum atomic E-state index is -0.297. The smallest absolute Gasteiger partial charge is 0.226 e. The normalized spacial score (nSPS) is 11.1. The van der Waals surface area contributed by atoms with Crippen molar-refractivity contribution < 1.29 is 9.18 Å².